The Morgan fingerprint density at radius 1 is 1.20 bits per heavy atom. The van der Waals surface area contributed by atoms with Crippen molar-refractivity contribution in [3.63, 3.8) is 0 Å². The monoisotopic (exact) mass is 672 g/mol. The molecule has 1 unspecified atom stereocenters. The molecular formula is C29H32N6O9S2. The fraction of sp³-hybridized carbons (Fsp3) is 0.379. The summed E-state index contributed by atoms with van der Waals surface area (Å²) < 4.78 is 15.8. The molecule has 2 aromatic heterocycles. The molecule has 0 bridgehead atoms. The van der Waals surface area contributed by atoms with Crippen molar-refractivity contribution in [2.45, 2.75) is 64.3 Å². The lowest BCUT2D eigenvalue weighted by Crippen LogP contribution is -2.71. The average Bonchev–Trinajstić information content (AvgIpc) is 3.46. The first-order valence-corrected chi connectivity index (χ1v) is 16.1. The van der Waals surface area contributed by atoms with Crippen molar-refractivity contribution in [3.05, 3.63) is 58.5 Å². The van der Waals surface area contributed by atoms with Gasteiger partial charge < -0.3 is 30.1 Å². The third-order valence-corrected chi connectivity index (χ3v) is 8.57. The van der Waals surface area contributed by atoms with E-state index in [1.807, 2.05) is 19.9 Å². The molecule has 2 aromatic rings. The molecule has 3 N–H and O–H groups in total. The number of nitrogens with zero attached hydrogens (tertiary/aromatic N) is 4. The number of oxime groups is 1. The third kappa shape index (κ3) is 8.28. The molecule has 2 amide bonds. The highest BCUT2D eigenvalue weighted by Gasteiger charge is 2.54. The Morgan fingerprint density at radius 3 is 2.59 bits per heavy atom. The number of carbonyl (C=O) groups is 5. The minimum absolute atomic E-state index is 0.0462. The molecular weight excluding hydrogens is 640 g/mol. The number of hydrogen-bond acceptors (Lipinski definition) is 15. The second kappa shape index (κ2) is 15.5. The Bertz CT molecular complexity index is 1570. The number of ether oxygens (including phenoxy) is 3. The SMILES string of the molecule is CCC(CC)OC(=O)OC(C)OC(=O)C1=C(/C=C\c2cccnc2)CS[C@@H]2[C@H](NC(=O)C(=NOC(C)=O)c3csc(N)n3)C(=O)N12. The van der Waals surface area contributed by atoms with Gasteiger partial charge in [-0.3, -0.25) is 19.5 Å². The predicted molar refractivity (Wildman–Crippen MR) is 168 cm³/mol. The van der Waals surface area contributed by atoms with Crippen molar-refractivity contribution in [1.82, 2.24) is 20.2 Å². The van der Waals surface area contributed by atoms with Crippen molar-refractivity contribution in [3.8, 4) is 0 Å². The molecule has 1 fully saturated rings. The predicted octanol–water partition coefficient (Wildman–Crippen LogP) is 2.99. The number of thioether (sulfide) groups is 1. The summed E-state index contributed by atoms with van der Waals surface area (Å²) in [5.41, 5.74) is 6.49. The minimum atomic E-state index is -1.34. The van der Waals surface area contributed by atoms with Crippen molar-refractivity contribution >= 4 is 69.9 Å². The number of thiazole rings is 1. The molecule has 0 saturated carbocycles. The number of amides is 2. The Kier molecular flexibility index (Phi) is 11.5. The molecule has 4 rings (SSSR count). The largest absolute Gasteiger partial charge is 0.511 e. The molecule has 2 aliphatic rings. The van der Waals surface area contributed by atoms with Gasteiger partial charge >= 0.3 is 18.1 Å². The van der Waals surface area contributed by atoms with E-state index in [1.54, 1.807) is 30.6 Å². The molecule has 46 heavy (non-hydrogen) atoms. The zero-order valence-corrected chi connectivity index (χ0v) is 27.0. The van der Waals surface area contributed by atoms with Gasteiger partial charge in [0.2, 0.25) is 6.29 Å². The van der Waals surface area contributed by atoms with Crippen LogP contribution in [0.5, 0.6) is 0 Å². The molecule has 244 valence electrons. The third-order valence-electron chi connectivity index (χ3n) is 6.59. The van der Waals surface area contributed by atoms with Crippen molar-refractivity contribution in [2.24, 2.45) is 5.16 Å². The maximum absolute atomic E-state index is 13.5. The van der Waals surface area contributed by atoms with Gasteiger partial charge in [0.1, 0.15) is 28.9 Å². The molecule has 3 atom stereocenters. The quantitative estimate of drug-likeness (QED) is 0.0833. The van der Waals surface area contributed by atoms with E-state index in [4.69, 9.17) is 19.9 Å². The van der Waals surface area contributed by atoms with Crippen LogP contribution in [0.15, 0.2) is 52.4 Å². The molecule has 15 nitrogen and oxygen atoms in total. The Morgan fingerprint density at radius 2 is 1.96 bits per heavy atom. The standard InChI is InChI=1S/C29H32N6O9S2/c1-5-19(6-2)43-29(40)42-16(4)41-27(39)23-18(10-9-17-8-7-11-31-12-17)13-45-26-22(25(38)35(23)26)33-24(37)21(34-44-15(3)36)20-14-46-28(30)32-20/h7-12,14,16,19,22,26H,5-6,13H2,1-4H3,(H2,30,32)(H,33,37)/b10-9-,34-21?/t16?,22-,26-/m1/s1. The number of carbonyl (C=O) groups excluding carboxylic acids is 5. The Balaban J connectivity index is 1.55. The summed E-state index contributed by atoms with van der Waals surface area (Å²) in [6.07, 6.45) is 5.13. The lowest BCUT2D eigenvalue weighted by molar-refractivity contribution is -0.169. The van der Waals surface area contributed by atoms with Crippen LogP contribution in [0.25, 0.3) is 6.08 Å². The number of β-lactam (4-membered cyclic amide) rings is 1. The van der Waals surface area contributed by atoms with Gasteiger partial charge in [0.25, 0.3) is 11.8 Å². The normalized spacial score (nSPS) is 18.5. The molecule has 0 aromatic carbocycles. The number of allylic oxidation sites excluding steroid dienone is 1. The van der Waals surface area contributed by atoms with Crippen LogP contribution in [-0.4, -0.2) is 80.1 Å². The number of hydrogen-bond donors (Lipinski definition) is 2. The lowest BCUT2D eigenvalue weighted by Gasteiger charge is -2.49. The van der Waals surface area contributed by atoms with Gasteiger partial charge in [-0.05, 0) is 30.0 Å². The van der Waals surface area contributed by atoms with Crippen molar-refractivity contribution in [2.75, 3.05) is 11.5 Å². The first-order chi connectivity index (χ1) is 22.0. The minimum Gasteiger partial charge on any atom is -0.431 e. The van der Waals surface area contributed by atoms with Crippen LogP contribution in [0, 0.1) is 0 Å². The van der Waals surface area contributed by atoms with Gasteiger partial charge in [-0.1, -0.05) is 37.2 Å². The zero-order chi connectivity index (χ0) is 33.4. The van der Waals surface area contributed by atoms with E-state index in [9.17, 15) is 24.0 Å². The fourth-order valence-electron chi connectivity index (χ4n) is 4.34. The van der Waals surface area contributed by atoms with E-state index in [0.29, 0.717) is 18.4 Å². The number of rotatable bonds is 12. The molecule has 17 heteroatoms. The Labute approximate surface area is 272 Å². The summed E-state index contributed by atoms with van der Waals surface area (Å²) in [6, 6.07) is 2.49. The van der Waals surface area contributed by atoms with Crippen LogP contribution < -0.4 is 11.1 Å². The number of nitrogen functional groups attached to an aromatic ring is 1. The fourth-order valence-corrected chi connectivity index (χ4v) is 6.20. The highest BCUT2D eigenvalue weighted by Crippen LogP contribution is 2.41. The van der Waals surface area contributed by atoms with E-state index in [-0.39, 0.29) is 34.1 Å². The van der Waals surface area contributed by atoms with Crippen molar-refractivity contribution in [1.29, 1.82) is 0 Å². The van der Waals surface area contributed by atoms with Crippen LogP contribution in [0.3, 0.4) is 0 Å². The highest BCUT2D eigenvalue weighted by molar-refractivity contribution is 8.00. The van der Waals surface area contributed by atoms with Crippen molar-refractivity contribution < 1.29 is 43.0 Å². The molecule has 4 heterocycles. The van der Waals surface area contributed by atoms with Crippen LogP contribution in [0.1, 0.15) is 51.8 Å². The number of aromatic nitrogens is 2. The second-order valence-electron chi connectivity index (χ2n) is 9.85. The number of anilines is 1. The first kappa shape index (κ1) is 34.1. The van der Waals surface area contributed by atoms with Gasteiger partial charge in [-0.2, -0.15) is 0 Å². The van der Waals surface area contributed by atoms with Gasteiger partial charge in [0, 0.05) is 37.4 Å². The topological polar surface area (TPSA) is 202 Å². The zero-order valence-electron chi connectivity index (χ0n) is 25.3. The summed E-state index contributed by atoms with van der Waals surface area (Å²) in [5, 5.41) is 7.08. The average molecular weight is 673 g/mol. The lowest BCUT2D eigenvalue weighted by atomic mass is 10.0. The van der Waals surface area contributed by atoms with Crippen LogP contribution >= 0.6 is 23.1 Å². The van der Waals surface area contributed by atoms with Gasteiger partial charge in [-0.15, -0.1) is 23.1 Å². The van der Waals surface area contributed by atoms with E-state index < -0.39 is 47.6 Å². The summed E-state index contributed by atoms with van der Waals surface area (Å²) >= 11 is 2.34. The number of nitrogens with one attached hydrogen (secondary N) is 1. The molecule has 2 aliphatic heterocycles. The van der Waals surface area contributed by atoms with E-state index in [0.717, 1.165) is 23.8 Å². The maximum atomic E-state index is 13.5. The number of fused-ring (bicyclic) bond motifs is 1. The summed E-state index contributed by atoms with van der Waals surface area (Å²) in [4.78, 5) is 77.8. The van der Waals surface area contributed by atoms with Crippen LogP contribution in [-0.2, 0) is 38.2 Å². The smallest absolute Gasteiger partial charge is 0.431 e. The highest BCUT2D eigenvalue weighted by atomic mass is 32.2. The number of nitrogens with two attached hydrogens (primary N) is 1. The molecule has 0 spiro atoms. The summed E-state index contributed by atoms with van der Waals surface area (Å²) in [6.45, 7) is 6.17. The van der Waals surface area contributed by atoms with Crippen LogP contribution in [0.2, 0.25) is 0 Å². The molecule has 0 aliphatic carbocycles. The summed E-state index contributed by atoms with van der Waals surface area (Å²) in [7, 11) is 0. The molecule has 1 saturated heterocycles. The van der Waals surface area contributed by atoms with E-state index in [2.05, 4.69) is 25.3 Å². The molecule has 0 radical (unpaired) electrons. The van der Waals surface area contributed by atoms with Gasteiger partial charge in [-0.25, -0.2) is 19.4 Å². The second-order valence-corrected chi connectivity index (χ2v) is 11.8. The van der Waals surface area contributed by atoms with Crippen LogP contribution in [0.4, 0.5) is 9.93 Å². The first-order valence-electron chi connectivity index (χ1n) is 14.1. The van der Waals surface area contributed by atoms with E-state index >= 15 is 0 Å². The Hall–Kier alpha value is -4.77. The van der Waals surface area contributed by atoms with Gasteiger partial charge in [0.15, 0.2) is 10.8 Å². The number of esters is 1. The maximum Gasteiger partial charge on any atom is 0.511 e. The van der Waals surface area contributed by atoms with Gasteiger partial charge in [0.05, 0.1) is 0 Å². The number of pyridine rings is 1. The summed E-state index contributed by atoms with van der Waals surface area (Å²) in [5.74, 6) is -2.91. The van der Waals surface area contributed by atoms with E-state index in [1.165, 1.54) is 29.0 Å².